The Morgan fingerprint density at radius 3 is 2.63 bits per heavy atom. The Morgan fingerprint density at radius 2 is 1.93 bits per heavy atom. The molecule has 3 aromatic heterocycles. The first-order chi connectivity index (χ1) is 13.0. The minimum absolute atomic E-state index is 0.132. The zero-order chi connectivity index (χ0) is 19.0. The van der Waals surface area contributed by atoms with Crippen LogP contribution >= 0.6 is 0 Å². The lowest BCUT2D eigenvalue weighted by molar-refractivity contribution is 0.586. The Kier molecular flexibility index (Phi) is 4.23. The van der Waals surface area contributed by atoms with Gasteiger partial charge in [-0.25, -0.2) is 13.8 Å². The van der Waals surface area contributed by atoms with Crippen LogP contribution in [-0.2, 0) is 0 Å². The lowest BCUT2D eigenvalue weighted by atomic mass is 10.1. The molecule has 0 aliphatic rings. The molecule has 0 fully saturated rings. The Labute approximate surface area is 153 Å². The molecule has 0 amide bonds. The van der Waals surface area contributed by atoms with Crippen molar-refractivity contribution in [1.29, 1.82) is 0 Å². The topological polar surface area (TPSA) is 68.0 Å². The molecule has 0 saturated heterocycles. The number of rotatable bonds is 4. The molecule has 0 aliphatic carbocycles. The number of hydrogen-bond donors (Lipinski definition) is 1. The highest BCUT2D eigenvalue weighted by Crippen LogP contribution is 2.25. The molecule has 3 heterocycles. The van der Waals surface area contributed by atoms with E-state index in [0.717, 1.165) is 17.3 Å². The maximum atomic E-state index is 14.1. The van der Waals surface area contributed by atoms with Crippen LogP contribution in [0.3, 0.4) is 0 Å². The number of nitrogens with zero attached hydrogens (tertiary/aromatic N) is 5. The van der Waals surface area contributed by atoms with Crippen molar-refractivity contribution in [2.45, 2.75) is 19.8 Å². The molecule has 27 heavy (non-hydrogen) atoms. The van der Waals surface area contributed by atoms with E-state index in [0.29, 0.717) is 17.4 Å². The van der Waals surface area contributed by atoms with E-state index in [-0.39, 0.29) is 11.6 Å². The largest absolute Gasteiger partial charge is 0.338 e. The van der Waals surface area contributed by atoms with Crippen LogP contribution < -0.4 is 5.32 Å². The molecule has 0 aliphatic heterocycles. The van der Waals surface area contributed by atoms with Crippen LogP contribution in [0.2, 0.25) is 0 Å². The molecule has 0 saturated carbocycles. The van der Waals surface area contributed by atoms with E-state index >= 15 is 0 Å². The predicted octanol–water partition coefficient (Wildman–Crippen LogP) is 4.33. The average Bonchev–Trinajstić information content (AvgIpc) is 3.09. The molecule has 0 radical (unpaired) electrons. The second-order valence-corrected chi connectivity index (χ2v) is 6.36. The van der Waals surface area contributed by atoms with Crippen molar-refractivity contribution in [2.24, 2.45) is 0 Å². The van der Waals surface area contributed by atoms with Crippen LogP contribution in [0.15, 0.2) is 48.8 Å². The van der Waals surface area contributed by atoms with Gasteiger partial charge in [-0.3, -0.25) is 4.98 Å². The molecule has 8 heteroatoms. The van der Waals surface area contributed by atoms with E-state index in [1.54, 1.807) is 24.5 Å². The van der Waals surface area contributed by atoms with E-state index in [9.17, 15) is 8.78 Å². The lowest BCUT2D eigenvalue weighted by Crippen LogP contribution is -2.06. The van der Waals surface area contributed by atoms with Crippen LogP contribution in [-0.4, -0.2) is 24.6 Å². The van der Waals surface area contributed by atoms with E-state index in [1.165, 1.54) is 16.6 Å². The van der Waals surface area contributed by atoms with Gasteiger partial charge in [-0.1, -0.05) is 13.8 Å². The first-order valence-electron chi connectivity index (χ1n) is 8.41. The van der Waals surface area contributed by atoms with Crippen molar-refractivity contribution >= 4 is 17.3 Å². The molecule has 6 nitrogen and oxygen atoms in total. The summed E-state index contributed by atoms with van der Waals surface area (Å²) in [4.78, 5) is 13.1. The molecular weight excluding hydrogens is 350 g/mol. The molecule has 136 valence electrons. The summed E-state index contributed by atoms with van der Waals surface area (Å²) in [5.41, 5.74) is 1.66. The molecule has 0 bridgehead atoms. The maximum Gasteiger partial charge on any atom is 0.254 e. The number of pyridine rings is 1. The number of halogens is 2. The van der Waals surface area contributed by atoms with Gasteiger partial charge in [0.1, 0.15) is 17.5 Å². The second kappa shape index (κ2) is 6.71. The zero-order valence-electron chi connectivity index (χ0n) is 14.7. The fourth-order valence-corrected chi connectivity index (χ4v) is 2.62. The van der Waals surface area contributed by atoms with Crippen molar-refractivity contribution in [3.8, 4) is 11.4 Å². The summed E-state index contributed by atoms with van der Waals surface area (Å²) < 4.78 is 28.8. The number of fused-ring (bicyclic) bond motifs is 1. The van der Waals surface area contributed by atoms with Gasteiger partial charge < -0.3 is 5.32 Å². The van der Waals surface area contributed by atoms with Crippen molar-refractivity contribution in [3.63, 3.8) is 0 Å². The Bertz CT molecular complexity index is 1110. The standard InChI is InChI=1S/C19H16F2N6/c1-11(2)16-9-17(23-15-6-5-13(20)8-14(15)21)27-19(24-16)25-18(26-27)12-4-3-7-22-10-12/h3-11,23H,1-2H3. The molecule has 0 spiro atoms. The summed E-state index contributed by atoms with van der Waals surface area (Å²) in [6.07, 6.45) is 3.32. The quantitative estimate of drug-likeness (QED) is 0.582. The van der Waals surface area contributed by atoms with Gasteiger partial charge in [-0.15, -0.1) is 5.10 Å². The van der Waals surface area contributed by atoms with Gasteiger partial charge >= 0.3 is 0 Å². The molecular formula is C19H16F2N6. The van der Waals surface area contributed by atoms with Gasteiger partial charge in [0, 0.05) is 30.1 Å². The summed E-state index contributed by atoms with van der Waals surface area (Å²) in [5, 5.41) is 7.44. The van der Waals surface area contributed by atoms with E-state index in [2.05, 4.69) is 25.4 Å². The molecule has 0 atom stereocenters. The normalized spacial score (nSPS) is 11.3. The van der Waals surface area contributed by atoms with E-state index in [4.69, 9.17) is 0 Å². The van der Waals surface area contributed by atoms with Gasteiger partial charge in [0.2, 0.25) is 0 Å². The first-order valence-corrected chi connectivity index (χ1v) is 8.41. The fourth-order valence-electron chi connectivity index (χ4n) is 2.62. The highest BCUT2D eigenvalue weighted by molar-refractivity contribution is 5.62. The zero-order valence-corrected chi connectivity index (χ0v) is 14.7. The minimum atomic E-state index is -0.696. The van der Waals surface area contributed by atoms with Crippen LogP contribution in [0, 0.1) is 11.6 Å². The average molecular weight is 366 g/mol. The summed E-state index contributed by atoms with van der Waals surface area (Å²) >= 11 is 0. The van der Waals surface area contributed by atoms with Crippen molar-refractivity contribution in [3.05, 3.63) is 66.1 Å². The fraction of sp³-hybridized carbons (Fsp3) is 0.158. The Morgan fingerprint density at radius 1 is 1.07 bits per heavy atom. The molecule has 1 N–H and O–H groups in total. The van der Waals surface area contributed by atoms with Gasteiger partial charge in [-0.05, 0) is 30.2 Å². The second-order valence-electron chi connectivity index (χ2n) is 6.36. The van der Waals surface area contributed by atoms with Crippen LogP contribution in [0.1, 0.15) is 25.5 Å². The minimum Gasteiger partial charge on any atom is -0.338 e. The molecule has 4 aromatic rings. The third kappa shape index (κ3) is 3.33. The molecule has 4 rings (SSSR count). The highest BCUT2D eigenvalue weighted by Gasteiger charge is 2.15. The maximum absolute atomic E-state index is 14.1. The van der Waals surface area contributed by atoms with Gasteiger partial charge in [-0.2, -0.15) is 9.50 Å². The smallest absolute Gasteiger partial charge is 0.254 e. The predicted molar refractivity (Wildman–Crippen MR) is 97.7 cm³/mol. The number of aromatic nitrogens is 5. The van der Waals surface area contributed by atoms with Gasteiger partial charge in [0.15, 0.2) is 5.82 Å². The van der Waals surface area contributed by atoms with Crippen molar-refractivity contribution in [2.75, 3.05) is 5.32 Å². The third-order valence-electron chi connectivity index (χ3n) is 4.04. The SMILES string of the molecule is CC(C)c1cc(Nc2ccc(F)cc2F)n2nc(-c3cccnc3)nc2n1. The van der Waals surface area contributed by atoms with E-state index < -0.39 is 11.6 Å². The monoisotopic (exact) mass is 366 g/mol. The summed E-state index contributed by atoms with van der Waals surface area (Å²) in [6.45, 7) is 4.00. The Balaban J connectivity index is 1.85. The summed E-state index contributed by atoms with van der Waals surface area (Å²) in [7, 11) is 0. The highest BCUT2D eigenvalue weighted by atomic mass is 19.1. The van der Waals surface area contributed by atoms with Gasteiger partial charge in [0.25, 0.3) is 5.78 Å². The third-order valence-corrected chi connectivity index (χ3v) is 4.04. The molecule has 1 aromatic carbocycles. The van der Waals surface area contributed by atoms with E-state index in [1.807, 2.05) is 19.9 Å². The van der Waals surface area contributed by atoms with Crippen LogP contribution in [0.25, 0.3) is 17.2 Å². The lowest BCUT2D eigenvalue weighted by Gasteiger charge is -2.12. The summed E-state index contributed by atoms with van der Waals surface area (Å²) in [6, 6.07) is 8.77. The van der Waals surface area contributed by atoms with Crippen LogP contribution in [0.4, 0.5) is 20.3 Å². The first kappa shape index (κ1) is 17.0. The number of anilines is 2. The molecule has 0 unspecified atom stereocenters. The number of benzene rings is 1. The van der Waals surface area contributed by atoms with Crippen LogP contribution in [0.5, 0.6) is 0 Å². The number of hydrogen-bond acceptors (Lipinski definition) is 5. The van der Waals surface area contributed by atoms with Crippen molar-refractivity contribution in [1.82, 2.24) is 24.6 Å². The van der Waals surface area contributed by atoms with Crippen molar-refractivity contribution < 1.29 is 8.78 Å². The number of nitrogens with one attached hydrogen (secondary N) is 1. The van der Waals surface area contributed by atoms with Gasteiger partial charge in [0.05, 0.1) is 11.4 Å². The Hall–Kier alpha value is -3.42. The summed E-state index contributed by atoms with van der Waals surface area (Å²) in [5.74, 6) is 0.118.